The zero-order valence-corrected chi connectivity index (χ0v) is 18.3. The molecule has 0 saturated heterocycles. The number of anilines is 1. The van der Waals surface area contributed by atoms with Crippen molar-refractivity contribution in [1.29, 1.82) is 0 Å². The second-order valence-electron chi connectivity index (χ2n) is 7.41. The Morgan fingerprint density at radius 3 is 2.11 bits per heavy atom. The fourth-order valence-corrected chi connectivity index (χ4v) is 4.66. The summed E-state index contributed by atoms with van der Waals surface area (Å²) < 4.78 is 26.2. The highest BCUT2D eigenvalue weighted by Gasteiger charge is 2.32. The minimum Gasteiger partial charge on any atom is -0.348 e. The van der Waals surface area contributed by atoms with Gasteiger partial charge in [0, 0.05) is 0 Å². The Bertz CT molecular complexity index is 937. The number of amides is 1. The second kappa shape index (κ2) is 8.78. The van der Waals surface area contributed by atoms with Gasteiger partial charge in [-0.15, -0.1) is 0 Å². The zero-order valence-electron chi connectivity index (χ0n) is 17.5. The molecule has 0 aliphatic heterocycles. The van der Waals surface area contributed by atoms with Crippen molar-refractivity contribution in [2.75, 3.05) is 10.6 Å². The summed E-state index contributed by atoms with van der Waals surface area (Å²) in [5, 5.41) is 3.00. The van der Waals surface area contributed by atoms with Crippen molar-refractivity contribution in [2.24, 2.45) is 0 Å². The number of benzene rings is 2. The Hall–Kier alpha value is -2.34. The van der Waals surface area contributed by atoms with Gasteiger partial charge in [0.2, 0.25) is 15.9 Å². The number of nitrogens with one attached hydrogen (secondary N) is 1. The summed E-state index contributed by atoms with van der Waals surface area (Å²) in [4.78, 5) is 13.0. The molecule has 2 aromatic carbocycles. The van der Waals surface area contributed by atoms with Crippen LogP contribution in [-0.4, -0.2) is 26.6 Å². The normalized spacial score (nSPS) is 13.6. The molecule has 0 radical (unpaired) electrons. The van der Waals surface area contributed by atoms with Crippen LogP contribution in [0.1, 0.15) is 48.6 Å². The number of nitrogens with zero attached hydrogens (tertiary/aromatic N) is 1. The molecule has 0 unspecified atom stereocenters. The summed E-state index contributed by atoms with van der Waals surface area (Å²) in [5.41, 5.74) is 4.80. The SMILES string of the molecule is CC[C@H](C(=O)N[C@@H](C)c1ccc(C)cc1C)N(c1ccc(C)cc1)S(C)(=O)=O. The molecule has 2 rings (SSSR count). The fraction of sp³-hybridized carbons (Fsp3) is 0.409. The Morgan fingerprint density at radius 2 is 1.61 bits per heavy atom. The smallest absolute Gasteiger partial charge is 0.244 e. The standard InChI is InChI=1S/C22H30N2O3S/c1-7-21(24(28(6,26)27)19-11-8-15(2)9-12-19)22(25)23-18(5)20-13-10-16(3)14-17(20)4/h8-14,18,21H,7H2,1-6H3,(H,23,25)/t18-,21+/m0/s1. The Balaban J connectivity index is 2.32. The maximum atomic E-state index is 13.0. The molecule has 0 aliphatic rings. The summed E-state index contributed by atoms with van der Waals surface area (Å²) in [6.07, 6.45) is 1.50. The van der Waals surface area contributed by atoms with E-state index in [4.69, 9.17) is 0 Å². The maximum Gasteiger partial charge on any atom is 0.244 e. The molecule has 0 spiro atoms. The van der Waals surface area contributed by atoms with Gasteiger partial charge in [0.05, 0.1) is 18.0 Å². The van der Waals surface area contributed by atoms with Gasteiger partial charge in [0.15, 0.2) is 0 Å². The molecule has 2 aromatic rings. The third kappa shape index (κ3) is 5.13. The van der Waals surface area contributed by atoms with E-state index in [1.807, 2.05) is 58.9 Å². The second-order valence-corrected chi connectivity index (χ2v) is 9.27. The molecule has 0 fully saturated rings. The molecule has 2 atom stereocenters. The molecule has 0 aliphatic carbocycles. The van der Waals surface area contributed by atoms with Crippen LogP contribution in [0.5, 0.6) is 0 Å². The monoisotopic (exact) mass is 402 g/mol. The number of sulfonamides is 1. The molecular weight excluding hydrogens is 372 g/mol. The highest BCUT2D eigenvalue weighted by Crippen LogP contribution is 2.24. The zero-order chi connectivity index (χ0) is 21.1. The fourth-order valence-electron chi connectivity index (χ4n) is 3.45. The molecule has 6 heteroatoms. The number of rotatable bonds is 7. The van der Waals surface area contributed by atoms with E-state index in [0.717, 1.165) is 28.5 Å². The largest absolute Gasteiger partial charge is 0.348 e. The van der Waals surface area contributed by atoms with Crippen molar-refractivity contribution >= 4 is 21.6 Å². The average molecular weight is 403 g/mol. The van der Waals surface area contributed by atoms with Crippen LogP contribution in [0.25, 0.3) is 0 Å². The molecule has 0 saturated carbocycles. The molecule has 0 aromatic heterocycles. The summed E-state index contributed by atoms with van der Waals surface area (Å²) in [6, 6.07) is 12.2. The quantitative estimate of drug-likeness (QED) is 0.760. The van der Waals surface area contributed by atoms with Gasteiger partial charge in [-0.3, -0.25) is 9.10 Å². The summed E-state index contributed by atoms with van der Waals surface area (Å²) >= 11 is 0. The highest BCUT2D eigenvalue weighted by molar-refractivity contribution is 7.92. The first-order chi connectivity index (χ1) is 13.0. The number of carbonyl (C=O) groups excluding carboxylic acids is 1. The molecule has 28 heavy (non-hydrogen) atoms. The predicted molar refractivity (Wildman–Crippen MR) is 115 cm³/mol. The molecular formula is C22H30N2O3S. The minimum absolute atomic E-state index is 0.221. The molecule has 0 heterocycles. The van der Waals surface area contributed by atoms with E-state index in [2.05, 4.69) is 11.4 Å². The third-order valence-electron chi connectivity index (χ3n) is 4.87. The van der Waals surface area contributed by atoms with E-state index >= 15 is 0 Å². The molecule has 5 nitrogen and oxygen atoms in total. The average Bonchev–Trinajstić information content (AvgIpc) is 2.59. The summed E-state index contributed by atoms with van der Waals surface area (Å²) in [6.45, 7) is 9.71. The van der Waals surface area contributed by atoms with Crippen LogP contribution < -0.4 is 9.62 Å². The van der Waals surface area contributed by atoms with Crippen LogP contribution in [0.2, 0.25) is 0 Å². The molecule has 152 valence electrons. The van der Waals surface area contributed by atoms with Gasteiger partial charge in [-0.2, -0.15) is 0 Å². The minimum atomic E-state index is -3.63. The Kier molecular flexibility index (Phi) is 6.88. The van der Waals surface area contributed by atoms with Crippen molar-refractivity contribution in [3.8, 4) is 0 Å². The summed E-state index contributed by atoms with van der Waals surface area (Å²) in [7, 11) is -3.63. The molecule has 0 bridgehead atoms. The van der Waals surface area contributed by atoms with Gasteiger partial charge in [0.1, 0.15) is 6.04 Å². The Morgan fingerprint density at radius 1 is 1.04 bits per heavy atom. The lowest BCUT2D eigenvalue weighted by Gasteiger charge is -2.31. The van der Waals surface area contributed by atoms with E-state index in [1.165, 1.54) is 4.31 Å². The molecule has 1 amide bonds. The van der Waals surface area contributed by atoms with E-state index in [-0.39, 0.29) is 11.9 Å². The van der Waals surface area contributed by atoms with Gasteiger partial charge in [0.25, 0.3) is 0 Å². The predicted octanol–water partition coefficient (Wildman–Crippen LogP) is 4.03. The maximum absolute atomic E-state index is 13.0. The molecule has 1 N–H and O–H groups in total. The topological polar surface area (TPSA) is 66.5 Å². The van der Waals surface area contributed by atoms with Crippen LogP contribution in [0, 0.1) is 20.8 Å². The van der Waals surface area contributed by atoms with E-state index in [0.29, 0.717) is 12.1 Å². The van der Waals surface area contributed by atoms with Crippen molar-refractivity contribution in [3.63, 3.8) is 0 Å². The van der Waals surface area contributed by atoms with Gasteiger partial charge in [-0.1, -0.05) is 48.4 Å². The number of carbonyl (C=O) groups is 1. The van der Waals surface area contributed by atoms with E-state index in [1.54, 1.807) is 12.1 Å². The number of aryl methyl sites for hydroxylation is 3. The van der Waals surface area contributed by atoms with Crippen LogP contribution in [-0.2, 0) is 14.8 Å². The third-order valence-corrected chi connectivity index (χ3v) is 6.05. The van der Waals surface area contributed by atoms with Crippen molar-refractivity contribution < 1.29 is 13.2 Å². The lowest BCUT2D eigenvalue weighted by Crippen LogP contribution is -2.49. The lowest BCUT2D eigenvalue weighted by molar-refractivity contribution is -0.122. The number of hydrogen-bond donors (Lipinski definition) is 1. The van der Waals surface area contributed by atoms with E-state index in [9.17, 15) is 13.2 Å². The first kappa shape index (κ1) is 22.0. The van der Waals surface area contributed by atoms with Crippen molar-refractivity contribution in [3.05, 3.63) is 64.7 Å². The van der Waals surface area contributed by atoms with Gasteiger partial charge >= 0.3 is 0 Å². The first-order valence-corrected chi connectivity index (χ1v) is 11.3. The number of hydrogen-bond acceptors (Lipinski definition) is 3. The van der Waals surface area contributed by atoms with Gasteiger partial charge in [-0.05, 0) is 57.4 Å². The van der Waals surface area contributed by atoms with E-state index < -0.39 is 16.1 Å². The highest BCUT2D eigenvalue weighted by atomic mass is 32.2. The van der Waals surface area contributed by atoms with Crippen molar-refractivity contribution in [2.45, 2.75) is 53.1 Å². The lowest BCUT2D eigenvalue weighted by atomic mass is 10.00. The summed E-state index contributed by atoms with van der Waals surface area (Å²) in [5.74, 6) is -0.305. The first-order valence-electron chi connectivity index (χ1n) is 9.48. The van der Waals surface area contributed by atoms with Crippen molar-refractivity contribution in [1.82, 2.24) is 5.32 Å². The van der Waals surface area contributed by atoms with Crippen LogP contribution in [0.3, 0.4) is 0 Å². The van der Waals surface area contributed by atoms with Crippen LogP contribution >= 0.6 is 0 Å². The van der Waals surface area contributed by atoms with Gasteiger partial charge < -0.3 is 5.32 Å². The van der Waals surface area contributed by atoms with Crippen LogP contribution in [0.15, 0.2) is 42.5 Å². The Labute approximate surface area is 168 Å². The van der Waals surface area contributed by atoms with Crippen LogP contribution in [0.4, 0.5) is 5.69 Å². The van der Waals surface area contributed by atoms with Gasteiger partial charge in [-0.25, -0.2) is 8.42 Å².